The standard InChI is InChI=1S/C16H14BrN3O2/c17-14-8-6-13(7-9-14)11-19-20-16(22)15(21)18-10-12-4-2-1-3-5-12/h1-9,11H,10H2,(H,18,21)(H,20,22). The Morgan fingerprint density at radius 3 is 2.36 bits per heavy atom. The van der Waals surface area contributed by atoms with Gasteiger partial charge in [-0.15, -0.1) is 0 Å². The second kappa shape index (κ2) is 8.09. The van der Waals surface area contributed by atoms with E-state index in [0.29, 0.717) is 6.54 Å². The van der Waals surface area contributed by atoms with E-state index >= 15 is 0 Å². The van der Waals surface area contributed by atoms with Crippen LogP contribution in [0.1, 0.15) is 11.1 Å². The number of nitrogens with one attached hydrogen (secondary N) is 2. The molecule has 22 heavy (non-hydrogen) atoms. The predicted molar refractivity (Wildman–Crippen MR) is 88.2 cm³/mol. The van der Waals surface area contributed by atoms with Crippen molar-refractivity contribution in [3.05, 3.63) is 70.2 Å². The van der Waals surface area contributed by atoms with E-state index < -0.39 is 11.8 Å². The normalized spacial score (nSPS) is 10.4. The van der Waals surface area contributed by atoms with Gasteiger partial charge in [-0.25, -0.2) is 5.43 Å². The van der Waals surface area contributed by atoms with Gasteiger partial charge >= 0.3 is 11.8 Å². The maximum Gasteiger partial charge on any atom is 0.329 e. The number of hydrogen-bond acceptors (Lipinski definition) is 3. The molecule has 0 radical (unpaired) electrons. The zero-order valence-corrected chi connectivity index (χ0v) is 13.2. The van der Waals surface area contributed by atoms with Gasteiger partial charge in [-0.05, 0) is 23.3 Å². The van der Waals surface area contributed by atoms with Crippen molar-refractivity contribution in [2.45, 2.75) is 6.54 Å². The quantitative estimate of drug-likeness (QED) is 0.499. The van der Waals surface area contributed by atoms with Gasteiger partial charge in [-0.1, -0.05) is 58.4 Å². The molecule has 2 N–H and O–H groups in total. The van der Waals surface area contributed by atoms with Crippen LogP contribution in [0, 0.1) is 0 Å². The summed E-state index contributed by atoms with van der Waals surface area (Å²) in [6, 6.07) is 16.7. The smallest absolute Gasteiger partial charge is 0.329 e. The van der Waals surface area contributed by atoms with E-state index in [4.69, 9.17) is 0 Å². The summed E-state index contributed by atoms with van der Waals surface area (Å²) in [6.07, 6.45) is 1.47. The molecule has 0 saturated carbocycles. The first-order chi connectivity index (χ1) is 10.6. The van der Waals surface area contributed by atoms with E-state index in [1.165, 1.54) is 6.21 Å². The van der Waals surface area contributed by atoms with Crippen LogP contribution in [0.5, 0.6) is 0 Å². The minimum Gasteiger partial charge on any atom is -0.344 e. The zero-order valence-electron chi connectivity index (χ0n) is 11.6. The van der Waals surface area contributed by atoms with Crippen molar-refractivity contribution in [2.24, 2.45) is 5.10 Å². The first kappa shape index (κ1) is 15.9. The van der Waals surface area contributed by atoms with Crippen LogP contribution in [0.3, 0.4) is 0 Å². The number of halogens is 1. The Labute approximate surface area is 136 Å². The first-order valence-corrected chi connectivity index (χ1v) is 7.35. The molecule has 0 fully saturated rings. The van der Waals surface area contributed by atoms with E-state index in [0.717, 1.165) is 15.6 Å². The Morgan fingerprint density at radius 2 is 1.68 bits per heavy atom. The Bertz CT molecular complexity index is 670. The predicted octanol–water partition coefficient (Wildman–Crippen LogP) is 2.22. The van der Waals surface area contributed by atoms with Crippen LogP contribution in [0.25, 0.3) is 0 Å². The molecule has 0 aliphatic carbocycles. The Morgan fingerprint density at radius 1 is 1.00 bits per heavy atom. The zero-order chi connectivity index (χ0) is 15.8. The fourth-order valence-corrected chi connectivity index (χ4v) is 1.89. The van der Waals surface area contributed by atoms with Gasteiger partial charge in [0, 0.05) is 11.0 Å². The summed E-state index contributed by atoms with van der Waals surface area (Å²) in [5.41, 5.74) is 3.92. The first-order valence-electron chi connectivity index (χ1n) is 6.56. The van der Waals surface area contributed by atoms with Crippen LogP contribution in [-0.4, -0.2) is 18.0 Å². The van der Waals surface area contributed by atoms with Gasteiger partial charge in [0.15, 0.2) is 0 Å². The molecule has 0 atom stereocenters. The number of carbonyl (C=O) groups is 2. The number of hydrazone groups is 1. The molecule has 112 valence electrons. The maximum absolute atomic E-state index is 11.6. The molecule has 0 aliphatic heterocycles. The van der Waals surface area contributed by atoms with Crippen molar-refractivity contribution in [1.82, 2.24) is 10.7 Å². The largest absolute Gasteiger partial charge is 0.344 e. The molecule has 0 aliphatic rings. The van der Waals surface area contributed by atoms with E-state index in [2.05, 4.69) is 31.8 Å². The third-order valence-electron chi connectivity index (χ3n) is 2.75. The fraction of sp³-hybridized carbons (Fsp3) is 0.0625. The van der Waals surface area contributed by atoms with Crippen LogP contribution in [0.2, 0.25) is 0 Å². The minimum atomic E-state index is -0.802. The molecule has 0 heterocycles. The number of hydrogen-bond donors (Lipinski definition) is 2. The summed E-state index contributed by atoms with van der Waals surface area (Å²) < 4.78 is 0.953. The van der Waals surface area contributed by atoms with Gasteiger partial charge in [0.2, 0.25) is 0 Å². The highest BCUT2D eigenvalue weighted by atomic mass is 79.9. The summed E-state index contributed by atoms with van der Waals surface area (Å²) >= 11 is 3.33. The fourth-order valence-electron chi connectivity index (χ4n) is 1.62. The number of benzene rings is 2. The second-order valence-corrected chi connectivity index (χ2v) is 5.33. The summed E-state index contributed by atoms with van der Waals surface area (Å²) in [4.78, 5) is 23.2. The Kier molecular flexibility index (Phi) is 5.85. The molecule has 0 aromatic heterocycles. The third-order valence-corrected chi connectivity index (χ3v) is 3.28. The van der Waals surface area contributed by atoms with Crippen LogP contribution in [0.4, 0.5) is 0 Å². The molecular formula is C16H14BrN3O2. The lowest BCUT2D eigenvalue weighted by atomic mass is 10.2. The van der Waals surface area contributed by atoms with Gasteiger partial charge in [0.25, 0.3) is 0 Å². The monoisotopic (exact) mass is 359 g/mol. The van der Waals surface area contributed by atoms with E-state index in [-0.39, 0.29) is 0 Å². The topological polar surface area (TPSA) is 70.6 Å². The SMILES string of the molecule is O=C(NCc1ccccc1)C(=O)NN=Cc1ccc(Br)cc1. The second-order valence-electron chi connectivity index (χ2n) is 4.42. The molecule has 0 spiro atoms. The van der Waals surface area contributed by atoms with Crippen LogP contribution in [0.15, 0.2) is 64.2 Å². The van der Waals surface area contributed by atoms with Gasteiger partial charge in [0.1, 0.15) is 0 Å². The lowest BCUT2D eigenvalue weighted by molar-refractivity contribution is -0.139. The van der Waals surface area contributed by atoms with Crippen molar-refractivity contribution >= 4 is 34.0 Å². The highest BCUT2D eigenvalue weighted by Crippen LogP contribution is 2.08. The maximum atomic E-state index is 11.6. The molecular weight excluding hydrogens is 346 g/mol. The van der Waals surface area contributed by atoms with Gasteiger partial charge in [-0.3, -0.25) is 9.59 Å². The summed E-state index contributed by atoms with van der Waals surface area (Å²) in [5, 5.41) is 6.27. The van der Waals surface area contributed by atoms with E-state index in [1.54, 1.807) is 0 Å². The lowest BCUT2D eigenvalue weighted by Crippen LogP contribution is -2.37. The van der Waals surface area contributed by atoms with E-state index in [1.807, 2.05) is 54.6 Å². The van der Waals surface area contributed by atoms with Crippen molar-refractivity contribution < 1.29 is 9.59 Å². The van der Waals surface area contributed by atoms with Crippen LogP contribution < -0.4 is 10.7 Å². The highest BCUT2D eigenvalue weighted by Gasteiger charge is 2.11. The third kappa shape index (κ3) is 5.14. The van der Waals surface area contributed by atoms with Gasteiger partial charge in [-0.2, -0.15) is 5.10 Å². The van der Waals surface area contributed by atoms with Crippen LogP contribution in [-0.2, 0) is 16.1 Å². The highest BCUT2D eigenvalue weighted by molar-refractivity contribution is 9.10. The Hall–Kier alpha value is -2.47. The minimum absolute atomic E-state index is 0.295. The lowest BCUT2D eigenvalue weighted by Gasteiger charge is -2.03. The molecule has 0 unspecified atom stereocenters. The average molecular weight is 360 g/mol. The molecule has 6 heteroatoms. The van der Waals surface area contributed by atoms with Crippen molar-refractivity contribution in [2.75, 3.05) is 0 Å². The molecule has 2 aromatic carbocycles. The van der Waals surface area contributed by atoms with Gasteiger partial charge < -0.3 is 5.32 Å². The number of amides is 2. The molecule has 0 saturated heterocycles. The average Bonchev–Trinajstić information content (AvgIpc) is 2.55. The molecule has 2 amide bonds. The van der Waals surface area contributed by atoms with Gasteiger partial charge in [0.05, 0.1) is 6.21 Å². The summed E-state index contributed by atoms with van der Waals surface area (Å²) in [7, 11) is 0. The molecule has 5 nitrogen and oxygen atoms in total. The molecule has 0 bridgehead atoms. The Balaban J connectivity index is 1.79. The number of rotatable bonds is 4. The van der Waals surface area contributed by atoms with Crippen LogP contribution >= 0.6 is 15.9 Å². The summed E-state index contributed by atoms with van der Waals surface area (Å²) in [5.74, 6) is -1.53. The number of nitrogens with zero attached hydrogens (tertiary/aromatic N) is 1. The summed E-state index contributed by atoms with van der Waals surface area (Å²) in [6.45, 7) is 0.295. The van der Waals surface area contributed by atoms with Crippen molar-refractivity contribution in [3.63, 3.8) is 0 Å². The molecule has 2 rings (SSSR count). The van der Waals surface area contributed by atoms with E-state index in [9.17, 15) is 9.59 Å². The molecule has 2 aromatic rings. The van der Waals surface area contributed by atoms with Crippen molar-refractivity contribution in [1.29, 1.82) is 0 Å². The number of carbonyl (C=O) groups excluding carboxylic acids is 2. The van der Waals surface area contributed by atoms with Crippen molar-refractivity contribution in [3.8, 4) is 0 Å².